The summed E-state index contributed by atoms with van der Waals surface area (Å²) in [6.45, 7) is 23.4. The molecule has 0 amide bonds. The van der Waals surface area contributed by atoms with Crippen LogP contribution in [0.2, 0.25) is 0 Å². The van der Waals surface area contributed by atoms with Gasteiger partial charge in [-0.3, -0.25) is 0 Å². The molecule has 6 rings (SSSR count). The maximum absolute atomic E-state index is 4.00. The normalized spacial score (nSPS) is 13.8. The summed E-state index contributed by atoms with van der Waals surface area (Å²) in [7, 11) is 0. The molecule has 0 aliphatic heterocycles. The third kappa shape index (κ3) is 7.30. The molecule has 0 nitrogen and oxygen atoms in total. The van der Waals surface area contributed by atoms with Gasteiger partial charge < -0.3 is 24.8 Å². The van der Waals surface area contributed by atoms with Crippen molar-refractivity contribution in [2.75, 3.05) is 0 Å². The minimum absolute atomic E-state index is 0. The van der Waals surface area contributed by atoms with Crippen molar-refractivity contribution in [1.29, 1.82) is 0 Å². The van der Waals surface area contributed by atoms with Crippen LogP contribution in [-0.4, -0.2) is 0 Å². The summed E-state index contributed by atoms with van der Waals surface area (Å²) in [5, 5.41) is 2.58. The van der Waals surface area contributed by atoms with E-state index in [4.69, 9.17) is 0 Å². The Labute approximate surface area is 315 Å². The molecule has 2 aliphatic rings. The van der Waals surface area contributed by atoms with Crippen LogP contribution < -0.4 is 35.3 Å². The third-order valence-corrected chi connectivity index (χ3v) is 9.38. The van der Waals surface area contributed by atoms with Gasteiger partial charge >= 0.3 is 26.2 Å². The molecule has 0 atom stereocenters. The van der Waals surface area contributed by atoms with Crippen molar-refractivity contribution in [2.24, 2.45) is 5.41 Å². The molecule has 0 saturated heterocycles. The number of allylic oxidation sites excluding steroid dienone is 4. The zero-order chi connectivity index (χ0) is 31.6. The number of halogens is 2. The van der Waals surface area contributed by atoms with E-state index in [0.29, 0.717) is 0 Å². The van der Waals surface area contributed by atoms with Crippen molar-refractivity contribution in [2.45, 2.75) is 86.5 Å². The van der Waals surface area contributed by atoms with Crippen molar-refractivity contribution in [1.82, 2.24) is 0 Å². The number of benzene rings is 4. The zero-order valence-electron chi connectivity index (χ0n) is 29.6. The maximum Gasteiger partial charge on any atom is 3.00 e. The van der Waals surface area contributed by atoms with Crippen LogP contribution in [0.4, 0.5) is 0 Å². The van der Waals surface area contributed by atoms with Crippen LogP contribution in [0.15, 0.2) is 102 Å². The molecule has 0 saturated carbocycles. The Balaban J connectivity index is 0.00000200. The van der Waals surface area contributed by atoms with Gasteiger partial charge in [-0.25, -0.2) is 0 Å². The Morgan fingerprint density at radius 1 is 0.638 bits per heavy atom. The summed E-state index contributed by atoms with van der Waals surface area (Å²) in [5.41, 5.74) is 16.1. The number of fused-ring (bicyclic) bond motifs is 3. The average molecular weight is 738 g/mol. The third-order valence-electron chi connectivity index (χ3n) is 9.38. The molecule has 0 spiro atoms. The Hall–Kier alpha value is -2.44. The van der Waals surface area contributed by atoms with Crippen LogP contribution in [0.25, 0.3) is 28.3 Å². The smallest absolute Gasteiger partial charge is 1.00 e. The second-order valence-corrected chi connectivity index (χ2v) is 15.8. The van der Waals surface area contributed by atoms with E-state index in [0.717, 1.165) is 6.42 Å². The molecule has 0 aromatic heterocycles. The molecular formula is C44H47Cl2Zr. The maximum atomic E-state index is 4.00. The fourth-order valence-electron chi connectivity index (χ4n) is 7.31. The summed E-state index contributed by atoms with van der Waals surface area (Å²) >= 11 is 0. The molecule has 4 aromatic carbocycles. The predicted octanol–water partition coefficient (Wildman–Crippen LogP) is 4.37. The van der Waals surface area contributed by atoms with Crippen LogP contribution in [0, 0.1) is 5.41 Å². The van der Waals surface area contributed by atoms with E-state index >= 15 is 0 Å². The van der Waals surface area contributed by atoms with E-state index in [2.05, 4.69) is 166 Å². The van der Waals surface area contributed by atoms with Crippen LogP contribution in [0.5, 0.6) is 0 Å². The number of rotatable bonds is 3. The second-order valence-electron chi connectivity index (χ2n) is 15.8. The fourth-order valence-corrected chi connectivity index (χ4v) is 7.31. The van der Waals surface area contributed by atoms with Crippen molar-refractivity contribution < 1.29 is 51.0 Å². The monoisotopic (exact) mass is 735 g/mol. The summed E-state index contributed by atoms with van der Waals surface area (Å²) in [4.78, 5) is 0. The first-order chi connectivity index (χ1) is 20.7. The fraction of sp³-hybridized carbons (Fsp3) is 0.318. The van der Waals surface area contributed by atoms with Crippen molar-refractivity contribution >= 4 is 17.2 Å². The van der Waals surface area contributed by atoms with Gasteiger partial charge in [0.2, 0.25) is 0 Å². The molecule has 0 heterocycles. The first kappa shape index (κ1) is 39.0. The molecule has 1 radical (unpaired) electrons. The van der Waals surface area contributed by atoms with Gasteiger partial charge in [-0.15, -0.1) is 34.1 Å². The van der Waals surface area contributed by atoms with Gasteiger partial charge in [0.05, 0.1) is 0 Å². The molecule has 2 aliphatic carbocycles. The Bertz CT molecular complexity index is 1920. The van der Waals surface area contributed by atoms with Crippen LogP contribution in [-0.2, 0) is 37.0 Å². The number of hydrogen-bond acceptors (Lipinski definition) is 0. The molecule has 0 N–H and O–H groups in total. The summed E-state index contributed by atoms with van der Waals surface area (Å²) < 4.78 is 0. The van der Waals surface area contributed by atoms with Crippen molar-refractivity contribution in [3.05, 3.63) is 146 Å². The van der Waals surface area contributed by atoms with Gasteiger partial charge in [0.25, 0.3) is 0 Å². The molecule has 0 bridgehead atoms. The van der Waals surface area contributed by atoms with E-state index < -0.39 is 0 Å². The molecule has 241 valence electrons. The Morgan fingerprint density at radius 2 is 1.19 bits per heavy atom. The Kier molecular flexibility index (Phi) is 11.8. The molecule has 3 heteroatoms. The van der Waals surface area contributed by atoms with Gasteiger partial charge in [-0.05, 0) is 57.1 Å². The molecular weight excluding hydrogens is 691 g/mol. The van der Waals surface area contributed by atoms with Gasteiger partial charge in [-0.1, -0.05) is 175 Å². The van der Waals surface area contributed by atoms with Gasteiger partial charge in [-0.2, -0.15) is 0 Å². The van der Waals surface area contributed by atoms with Crippen LogP contribution >= 0.6 is 0 Å². The quantitative estimate of drug-likeness (QED) is 0.242. The van der Waals surface area contributed by atoms with Crippen LogP contribution in [0.3, 0.4) is 0 Å². The molecule has 47 heavy (non-hydrogen) atoms. The van der Waals surface area contributed by atoms with Crippen LogP contribution in [0.1, 0.15) is 109 Å². The standard InChI is InChI=1S/C44H47.2ClH.Zr/c1-28-33(23-24-38(28)43(5,6)7)40-36-26-31-25-32(42(2,3)4)21-22-34(31)35(36)27-37(41(40)44(8,9)10)39(29-17-13-11-14-18-29)30-19-15-12-16-20-30;;;/h11-22,24-25,27H,23H2,1-10H3;2*1H;/q-1;;;+3/p-2. The van der Waals surface area contributed by atoms with E-state index in [1.54, 1.807) is 0 Å². The van der Waals surface area contributed by atoms with Gasteiger partial charge in [0, 0.05) is 0 Å². The van der Waals surface area contributed by atoms with Crippen molar-refractivity contribution in [3.8, 4) is 11.1 Å². The summed E-state index contributed by atoms with van der Waals surface area (Å²) in [6, 6.07) is 31.5. The topological polar surface area (TPSA) is 0 Å². The molecule has 0 fully saturated rings. The Morgan fingerprint density at radius 3 is 1.66 bits per heavy atom. The first-order valence-corrected chi connectivity index (χ1v) is 16.2. The summed E-state index contributed by atoms with van der Waals surface area (Å²) in [6.07, 6.45) is 7.44. The molecule has 4 aromatic rings. The van der Waals surface area contributed by atoms with E-state index in [-0.39, 0.29) is 67.3 Å². The van der Waals surface area contributed by atoms with E-state index in [9.17, 15) is 0 Å². The molecule has 0 unspecified atom stereocenters. The van der Waals surface area contributed by atoms with Gasteiger partial charge in [0.1, 0.15) is 0 Å². The number of hydrogen-bond donors (Lipinski definition) is 0. The SMILES string of the molecule is CC1=C(c2c(C(C)(C)C)c(=C(c3ccccc3)c3ccccc3)cc3c2=[C-]c2cc(C(C)(C)C)ccc2-3)CC=C1C(C)(C)C.[Cl-].[Cl-].[Zr+3]. The summed E-state index contributed by atoms with van der Waals surface area (Å²) in [5.74, 6) is 0. The van der Waals surface area contributed by atoms with E-state index in [1.165, 1.54) is 77.2 Å². The zero-order valence-corrected chi connectivity index (χ0v) is 33.6. The minimum Gasteiger partial charge on any atom is -1.00 e. The van der Waals surface area contributed by atoms with E-state index in [1.807, 2.05) is 0 Å². The second kappa shape index (κ2) is 14.2. The first-order valence-electron chi connectivity index (χ1n) is 16.2. The minimum atomic E-state index is -0.112. The average Bonchev–Trinajstić information content (AvgIpc) is 3.52. The largest absolute Gasteiger partial charge is 3.00 e. The van der Waals surface area contributed by atoms with Gasteiger partial charge in [0.15, 0.2) is 0 Å². The van der Waals surface area contributed by atoms with Crippen molar-refractivity contribution in [3.63, 3.8) is 0 Å². The predicted molar refractivity (Wildman–Crippen MR) is 190 cm³/mol.